The van der Waals surface area contributed by atoms with E-state index in [1.807, 2.05) is 13.0 Å². The number of hydrogen-bond acceptors (Lipinski definition) is 4. The van der Waals surface area contributed by atoms with Crippen molar-refractivity contribution in [3.63, 3.8) is 0 Å². The first-order chi connectivity index (χ1) is 13.1. The van der Waals surface area contributed by atoms with Gasteiger partial charge in [-0.15, -0.1) is 0 Å². The Bertz CT molecular complexity index is 707. The molecule has 0 aromatic rings. The zero-order chi connectivity index (χ0) is 20.3. The van der Waals surface area contributed by atoms with Gasteiger partial charge in [-0.2, -0.15) is 0 Å². The number of rotatable bonds is 3. The number of hydrogen-bond donors (Lipinski definition) is 1. The third-order valence-electron chi connectivity index (χ3n) is 9.28. The van der Waals surface area contributed by atoms with E-state index in [4.69, 9.17) is 4.74 Å². The summed E-state index contributed by atoms with van der Waals surface area (Å²) in [6, 6.07) is 0. The molecule has 4 heteroatoms. The summed E-state index contributed by atoms with van der Waals surface area (Å²) in [5.41, 5.74) is 0.733. The maximum Gasteiger partial charge on any atom is 0.302 e. The van der Waals surface area contributed by atoms with Crippen molar-refractivity contribution in [2.75, 3.05) is 6.61 Å². The van der Waals surface area contributed by atoms with Crippen LogP contribution in [0.2, 0.25) is 0 Å². The van der Waals surface area contributed by atoms with Gasteiger partial charge < -0.3 is 9.84 Å². The largest absolute Gasteiger partial charge is 0.463 e. The van der Waals surface area contributed by atoms with E-state index in [1.165, 1.54) is 25.3 Å². The Kier molecular flexibility index (Phi) is 4.80. The van der Waals surface area contributed by atoms with Gasteiger partial charge in [0.2, 0.25) is 0 Å². The van der Waals surface area contributed by atoms with E-state index < -0.39 is 5.60 Å². The molecule has 4 rings (SSSR count). The van der Waals surface area contributed by atoms with Crippen LogP contribution >= 0.6 is 0 Å². The molecule has 0 amide bonds. The summed E-state index contributed by atoms with van der Waals surface area (Å²) >= 11 is 0. The van der Waals surface area contributed by atoms with Crippen LogP contribution in [0, 0.1) is 34.5 Å². The summed E-state index contributed by atoms with van der Waals surface area (Å²) in [4.78, 5) is 23.3. The molecule has 0 spiro atoms. The molecule has 1 unspecified atom stereocenters. The minimum atomic E-state index is -0.969. The average molecular weight is 389 g/mol. The molecule has 0 bridgehead atoms. The summed E-state index contributed by atoms with van der Waals surface area (Å²) in [6.07, 6.45) is 10.4. The molecule has 0 saturated heterocycles. The highest BCUT2D eigenvalue weighted by atomic mass is 16.5. The van der Waals surface area contributed by atoms with Crippen LogP contribution in [-0.2, 0) is 14.3 Å². The summed E-state index contributed by atoms with van der Waals surface area (Å²) in [5.74, 6) is 2.13. The lowest BCUT2D eigenvalue weighted by Gasteiger charge is -2.59. The van der Waals surface area contributed by atoms with Gasteiger partial charge in [0.15, 0.2) is 5.78 Å². The number of allylic oxidation sites excluding steroid dienone is 1. The van der Waals surface area contributed by atoms with Crippen molar-refractivity contribution in [1.82, 2.24) is 0 Å². The molecule has 4 aliphatic rings. The summed E-state index contributed by atoms with van der Waals surface area (Å²) in [5, 5.41) is 11.2. The highest BCUT2D eigenvalue weighted by molar-refractivity contribution is 5.91. The Hall–Kier alpha value is -1.16. The number of aliphatic hydroxyl groups is 1. The van der Waals surface area contributed by atoms with Crippen molar-refractivity contribution in [3.05, 3.63) is 11.6 Å². The SMILES string of the molecule is CC(=O)OCC(C)(O)[C@H]1CC[C@H]2[C@@H]3CCC4=CC(=O)CC[C@]4(C)[C@H]3CC[C@]12C. The summed E-state index contributed by atoms with van der Waals surface area (Å²) in [7, 11) is 0. The Morgan fingerprint density at radius 3 is 2.64 bits per heavy atom. The Morgan fingerprint density at radius 1 is 1.18 bits per heavy atom. The fraction of sp³-hybridized carbons (Fsp3) is 0.833. The Labute approximate surface area is 169 Å². The lowest BCUT2D eigenvalue weighted by molar-refractivity contribution is -0.159. The molecular weight excluding hydrogens is 352 g/mol. The summed E-state index contributed by atoms with van der Waals surface area (Å²) < 4.78 is 5.22. The molecule has 3 fully saturated rings. The second-order valence-corrected chi connectivity index (χ2v) is 10.8. The normalized spacial score (nSPS) is 44.6. The van der Waals surface area contributed by atoms with Gasteiger partial charge in [0.05, 0.1) is 5.60 Å². The first kappa shape index (κ1) is 20.1. The van der Waals surface area contributed by atoms with Crippen molar-refractivity contribution in [2.24, 2.45) is 34.5 Å². The molecule has 28 heavy (non-hydrogen) atoms. The highest BCUT2D eigenvalue weighted by Gasteiger charge is 2.61. The number of carbonyl (C=O) groups excluding carboxylic acids is 2. The topological polar surface area (TPSA) is 63.6 Å². The third-order valence-corrected chi connectivity index (χ3v) is 9.28. The molecule has 7 atom stereocenters. The first-order valence-electron chi connectivity index (χ1n) is 11.2. The minimum absolute atomic E-state index is 0.0934. The van der Waals surface area contributed by atoms with E-state index in [-0.39, 0.29) is 29.3 Å². The molecule has 0 heterocycles. The zero-order valence-corrected chi connectivity index (χ0v) is 17.9. The number of ether oxygens (including phenoxy) is 1. The van der Waals surface area contributed by atoms with Crippen LogP contribution in [0.25, 0.3) is 0 Å². The van der Waals surface area contributed by atoms with Gasteiger partial charge in [0.1, 0.15) is 6.61 Å². The van der Waals surface area contributed by atoms with Gasteiger partial charge in [0, 0.05) is 13.3 Å². The van der Waals surface area contributed by atoms with Gasteiger partial charge in [0.25, 0.3) is 0 Å². The van der Waals surface area contributed by atoms with Crippen LogP contribution in [0.5, 0.6) is 0 Å². The van der Waals surface area contributed by atoms with Crippen LogP contribution in [0.3, 0.4) is 0 Å². The fourth-order valence-electron chi connectivity index (χ4n) is 7.93. The predicted molar refractivity (Wildman–Crippen MR) is 107 cm³/mol. The highest BCUT2D eigenvalue weighted by Crippen LogP contribution is 2.67. The molecule has 0 aromatic heterocycles. The van der Waals surface area contributed by atoms with E-state index in [1.54, 1.807) is 0 Å². The van der Waals surface area contributed by atoms with Crippen LogP contribution in [0.15, 0.2) is 11.6 Å². The standard InChI is InChI=1S/C24H36O4/c1-15(25)28-14-24(4,27)21-8-7-19-18-6-5-16-13-17(26)9-11-22(16,2)20(18)10-12-23(19,21)3/h13,18-21,27H,5-12,14H2,1-4H3/t18-,19-,20-,21-,22-,23-,24?/m0/s1. The van der Waals surface area contributed by atoms with Crippen molar-refractivity contribution in [1.29, 1.82) is 0 Å². The molecule has 0 radical (unpaired) electrons. The number of carbonyl (C=O) groups is 2. The lowest BCUT2D eigenvalue weighted by atomic mass is 9.46. The van der Waals surface area contributed by atoms with Crippen LogP contribution in [-0.4, -0.2) is 29.1 Å². The van der Waals surface area contributed by atoms with E-state index in [2.05, 4.69) is 13.8 Å². The van der Waals surface area contributed by atoms with Crippen molar-refractivity contribution >= 4 is 11.8 Å². The summed E-state index contributed by atoms with van der Waals surface area (Å²) in [6.45, 7) is 8.15. The van der Waals surface area contributed by atoms with Gasteiger partial charge in [-0.1, -0.05) is 19.4 Å². The van der Waals surface area contributed by atoms with Gasteiger partial charge in [-0.3, -0.25) is 9.59 Å². The molecule has 156 valence electrons. The van der Waals surface area contributed by atoms with E-state index in [0.29, 0.717) is 30.0 Å². The maximum atomic E-state index is 12.0. The Balaban J connectivity index is 1.58. The molecular formula is C24H36O4. The minimum Gasteiger partial charge on any atom is -0.463 e. The number of fused-ring (bicyclic) bond motifs is 5. The fourth-order valence-corrected chi connectivity index (χ4v) is 7.93. The maximum absolute atomic E-state index is 12.0. The van der Waals surface area contributed by atoms with Crippen LogP contribution in [0.1, 0.15) is 79.1 Å². The number of ketones is 1. The first-order valence-corrected chi connectivity index (χ1v) is 11.2. The second-order valence-electron chi connectivity index (χ2n) is 10.8. The van der Waals surface area contributed by atoms with Gasteiger partial charge >= 0.3 is 5.97 Å². The van der Waals surface area contributed by atoms with E-state index >= 15 is 0 Å². The monoisotopic (exact) mass is 388 g/mol. The molecule has 3 saturated carbocycles. The Morgan fingerprint density at radius 2 is 1.93 bits per heavy atom. The van der Waals surface area contributed by atoms with E-state index in [0.717, 1.165) is 32.1 Å². The average Bonchev–Trinajstić information content (AvgIpc) is 2.99. The molecule has 1 N–H and O–H groups in total. The molecule has 0 aromatic carbocycles. The van der Waals surface area contributed by atoms with Crippen molar-refractivity contribution in [2.45, 2.75) is 84.7 Å². The van der Waals surface area contributed by atoms with Crippen LogP contribution < -0.4 is 0 Å². The van der Waals surface area contributed by atoms with E-state index in [9.17, 15) is 14.7 Å². The van der Waals surface area contributed by atoms with Gasteiger partial charge in [-0.05, 0) is 92.4 Å². The number of esters is 1. The predicted octanol–water partition coefficient (Wildman–Crippen LogP) is 4.45. The van der Waals surface area contributed by atoms with Crippen LogP contribution in [0.4, 0.5) is 0 Å². The second kappa shape index (κ2) is 6.68. The molecule has 4 aliphatic carbocycles. The quantitative estimate of drug-likeness (QED) is 0.726. The molecule has 4 nitrogen and oxygen atoms in total. The molecule has 0 aliphatic heterocycles. The van der Waals surface area contributed by atoms with Crippen molar-refractivity contribution in [3.8, 4) is 0 Å². The smallest absolute Gasteiger partial charge is 0.302 e. The van der Waals surface area contributed by atoms with Crippen molar-refractivity contribution < 1.29 is 19.4 Å². The lowest BCUT2D eigenvalue weighted by Crippen LogP contribution is -2.54. The third kappa shape index (κ3) is 2.98. The van der Waals surface area contributed by atoms with Gasteiger partial charge in [-0.25, -0.2) is 0 Å². The zero-order valence-electron chi connectivity index (χ0n) is 17.9.